The van der Waals surface area contributed by atoms with E-state index in [1.165, 1.54) is 6.07 Å². The average molecular weight is 315 g/mol. The maximum absolute atomic E-state index is 13.6. The van der Waals surface area contributed by atoms with Crippen molar-refractivity contribution >= 4 is 21.7 Å². The first-order valence-corrected chi connectivity index (χ1v) is 7.34. The second-order valence-electron chi connectivity index (χ2n) is 4.65. The van der Waals surface area contributed by atoms with E-state index in [1.54, 1.807) is 12.1 Å². The van der Waals surface area contributed by atoms with Gasteiger partial charge in [0.25, 0.3) is 0 Å². The molecule has 0 radical (unpaired) electrons. The van der Waals surface area contributed by atoms with Crippen LogP contribution in [0, 0.1) is 11.7 Å². The van der Waals surface area contributed by atoms with Gasteiger partial charge >= 0.3 is 0 Å². The molecule has 0 N–H and O–H groups in total. The van der Waals surface area contributed by atoms with Crippen molar-refractivity contribution in [3.63, 3.8) is 0 Å². The molecule has 0 saturated heterocycles. The van der Waals surface area contributed by atoms with Crippen LogP contribution >= 0.6 is 15.9 Å². The van der Waals surface area contributed by atoms with E-state index in [9.17, 15) is 9.18 Å². The third-order valence-corrected chi connectivity index (χ3v) is 3.60. The largest absolute Gasteiger partial charge is 0.299 e. The molecule has 1 nitrogen and oxygen atoms in total. The molecule has 0 aliphatic carbocycles. The summed E-state index contributed by atoms with van der Waals surface area (Å²) in [4.78, 5) is 12.2. The highest BCUT2D eigenvalue weighted by Gasteiger charge is 2.18. The summed E-state index contributed by atoms with van der Waals surface area (Å²) in [7, 11) is 0. The molecule has 1 rings (SSSR count). The lowest BCUT2D eigenvalue weighted by Crippen LogP contribution is -2.17. The van der Waals surface area contributed by atoms with Gasteiger partial charge in [-0.05, 0) is 36.6 Å². The lowest BCUT2D eigenvalue weighted by Gasteiger charge is -2.14. The lowest BCUT2D eigenvalue weighted by atomic mass is 9.90. The van der Waals surface area contributed by atoms with Crippen LogP contribution in [0.4, 0.5) is 4.39 Å². The highest BCUT2D eigenvalue weighted by molar-refractivity contribution is 9.10. The molecule has 0 amide bonds. The van der Waals surface area contributed by atoms with E-state index in [1.807, 2.05) is 0 Å². The van der Waals surface area contributed by atoms with Gasteiger partial charge in [0.1, 0.15) is 11.6 Å². The monoisotopic (exact) mass is 314 g/mol. The van der Waals surface area contributed by atoms with Gasteiger partial charge in [-0.3, -0.25) is 4.79 Å². The Labute approximate surface area is 117 Å². The first kappa shape index (κ1) is 15.4. The molecule has 100 valence electrons. The average Bonchev–Trinajstić information content (AvgIpc) is 2.33. The smallest absolute Gasteiger partial charge is 0.140 e. The molecule has 3 heteroatoms. The van der Waals surface area contributed by atoms with E-state index in [0.29, 0.717) is 5.56 Å². The van der Waals surface area contributed by atoms with E-state index < -0.39 is 0 Å². The zero-order valence-electron chi connectivity index (χ0n) is 11.0. The summed E-state index contributed by atoms with van der Waals surface area (Å²) in [5, 5.41) is 0. The topological polar surface area (TPSA) is 17.1 Å². The normalized spacial score (nSPS) is 10.9. The van der Waals surface area contributed by atoms with Crippen molar-refractivity contribution < 1.29 is 9.18 Å². The van der Waals surface area contributed by atoms with Crippen LogP contribution in [0.3, 0.4) is 0 Å². The highest BCUT2D eigenvalue weighted by Crippen LogP contribution is 2.21. The fourth-order valence-corrected chi connectivity index (χ4v) is 2.58. The number of hydrogen-bond donors (Lipinski definition) is 0. The number of halogens is 2. The highest BCUT2D eigenvalue weighted by atomic mass is 79.9. The van der Waals surface area contributed by atoms with Gasteiger partial charge in [0.05, 0.1) is 0 Å². The lowest BCUT2D eigenvalue weighted by molar-refractivity contribution is -0.122. The first-order valence-electron chi connectivity index (χ1n) is 6.55. The van der Waals surface area contributed by atoms with E-state index in [0.717, 1.165) is 30.2 Å². The van der Waals surface area contributed by atoms with Crippen molar-refractivity contribution in [3.05, 3.63) is 34.1 Å². The van der Waals surface area contributed by atoms with E-state index in [-0.39, 0.29) is 23.9 Å². The van der Waals surface area contributed by atoms with E-state index in [2.05, 4.69) is 29.8 Å². The molecule has 1 aromatic rings. The number of hydrogen-bond acceptors (Lipinski definition) is 1. The molecule has 0 spiro atoms. The molecule has 0 heterocycles. The minimum Gasteiger partial charge on any atom is -0.299 e. The van der Waals surface area contributed by atoms with Crippen molar-refractivity contribution in [2.24, 2.45) is 5.92 Å². The minimum atomic E-state index is -0.293. The molecule has 0 aromatic heterocycles. The van der Waals surface area contributed by atoms with Crippen molar-refractivity contribution in [1.29, 1.82) is 0 Å². The first-order chi connectivity index (χ1) is 8.58. The zero-order valence-corrected chi connectivity index (χ0v) is 12.6. The van der Waals surface area contributed by atoms with Crippen LogP contribution < -0.4 is 0 Å². The van der Waals surface area contributed by atoms with Gasteiger partial charge in [0.2, 0.25) is 0 Å². The van der Waals surface area contributed by atoms with Gasteiger partial charge in [-0.1, -0.05) is 42.6 Å². The third kappa shape index (κ3) is 4.52. The molecule has 0 unspecified atom stereocenters. The van der Waals surface area contributed by atoms with Crippen molar-refractivity contribution in [1.82, 2.24) is 0 Å². The maximum Gasteiger partial charge on any atom is 0.140 e. The molecule has 18 heavy (non-hydrogen) atoms. The van der Waals surface area contributed by atoms with Crippen LogP contribution in [0.15, 0.2) is 22.7 Å². The molecular weight excluding hydrogens is 295 g/mol. The Morgan fingerprint density at radius 2 is 1.89 bits per heavy atom. The second-order valence-corrected chi connectivity index (χ2v) is 5.57. The molecule has 0 aliphatic heterocycles. The Balaban J connectivity index is 2.75. The molecule has 0 bridgehead atoms. The number of benzene rings is 1. The van der Waals surface area contributed by atoms with Gasteiger partial charge in [0.15, 0.2) is 0 Å². The summed E-state index contributed by atoms with van der Waals surface area (Å²) in [6.07, 6.45) is 4.01. The van der Waals surface area contributed by atoms with E-state index >= 15 is 0 Å². The van der Waals surface area contributed by atoms with Crippen LogP contribution in [-0.4, -0.2) is 5.78 Å². The number of carbonyl (C=O) groups excluding carboxylic acids is 1. The Hall–Kier alpha value is -0.700. The number of Topliss-reactive ketones (excluding diaryl/α,β-unsaturated/α-hetero) is 1. The number of rotatable bonds is 7. The molecule has 0 atom stereocenters. The Morgan fingerprint density at radius 1 is 1.28 bits per heavy atom. The van der Waals surface area contributed by atoms with Crippen LogP contribution in [0.5, 0.6) is 0 Å². The summed E-state index contributed by atoms with van der Waals surface area (Å²) < 4.78 is 14.4. The van der Waals surface area contributed by atoms with Crippen LogP contribution in [0.2, 0.25) is 0 Å². The van der Waals surface area contributed by atoms with Crippen LogP contribution in [0.25, 0.3) is 0 Å². The minimum absolute atomic E-state index is 0.0818. The maximum atomic E-state index is 13.6. The predicted molar refractivity (Wildman–Crippen MR) is 76.1 cm³/mol. The van der Waals surface area contributed by atoms with Gasteiger partial charge in [-0.15, -0.1) is 0 Å². The second kappa shape index (κ2) is 7.67. The number of carbonyl (C=O) groups is 1. The van der Waals surface area contributed by atoms with Crippen molar-refractivity contribution in [2.45, 2.75) is 46.0 Å². The van der Waals surface area contributed by atoms with Crippen molar-refractivity contribution in [2.75, 3.05) is 0 Å². The quantitative estimate of drug-likeness (QED) is 0.698. The Bertz CT molecular complexity index is 397. The van der Waals surface area contributed by atoms with Gasteiger partial charge in [0, 0.05) is 16.8 Å². The zero-order chi connectivity index (χ0) is 13.5. The summed E-state index contributed by atoms with van der Waals surface area (Å²) in [6.45, 7) is 4.16. The summed E-state index contributed by atoms with van der Waals surface area (Å²) >= 11 is 3.31. The van der Waals surface area contributed by atoms with Gasteiger partial charge in [-0.2, -0.15) is 0 Å². The molecule has 0 aliphatic rings. The van der Waals surface area contributed by atoms with Gasteiger partial charge in [-0.25, -0.2) is 4.39 Å². The van der Waals surface area contributed by atoms with Crippen molar-refractivity contribution in [3.8, 4) is 0 Å². The predicted octanol–water partition coefficient (Wildman–Crippen LogP) is 4.92. The van der Waals surface area contributed by atoms with E-state index in [4.69, 9.17) is 0 Å². The molecule has 0 saturated carbocycles. The standard InChI is InChI=1S/C15H20BrFO/c1-3-5-11(6-4-2)15(18)10-12-9-13(16)7-8-14(12)17/h7-9,11H,3-6,10H2,1-2H3. The molecular formula is C15H20BrFO. The fourth-order valence-electron chi connectivity index (χ4n) is 2.17. The molecule has 0 fully saturated rings. The van der Waals surface area contributed by atoms with Crippen LogP contribution in [-0.2, 0) is 11.2 Å². The third-order valence-electron chi connectivity index (χ3n) is 3.10. The fraction of sp³-hybridized carbons (Fsp3) is 0.533. The summed E-state index contributed by atoms with van der Waals surface area (Å²) in [5.41, 5.74) is 0.492. The van der Waals surface area contributed by atoms with Crippen LogP contribution in [0.1, 0.15) is 45.1 Å². The number of ketones is 1. The Morgan fingerprint density at radius 3 is 2.44 bits per heavy atom. The summed E-state index contributed by atoms with van der Waals surface area (Å²) in [6, 6.07) is 4.75. The van der Waals surface area contributed by atoms with Gasteiger partial charge < -0.3 is 0 Å². The molecule has 1 aromatic carbocycles. The Kier molecular flexibility index (Phi) is 6.55. The summed E-state index contributed by atoms with van der Waals surface area (Å²) in [5.74, 6) is -0.0487. The SMILES string of the molecule is CCCC(CCC)C(=O)Cc1cc(Br)ccc1F.